The number of rotatable bonds is 10. The Hall–Kier alpha value is -3.91. The standard InChI is InChI=1S/C36H44ClN7O3/c1-4-32(45)44-21-20-43(22-26(44)13-16-38)34-28-14-18-42(31-12-6-9-25-8-5-11-29(37)33(25)31)23-30(28)39-35(40-34)47-24-27-10-7-17-41(27)19-15-36(2,3)46/h4-6,8-9,11-12,26-27,46H,1,7,10,13-15,17-24H2,2-3H3/t26-,27-/m0/s1. The molecule has 0 radical (unpaired) electrons. The van der Waals surface area contributed by atoms with E-state index in [1.807, 2.05) is 26.0 Å². The van der Waals surface area contributed by atoms with E-state index in [4.69, 9.17) is 26.3 Å². The maximum atomic E-state index is 12.6. The number of ether oxygens (including phenoxy) is 1. The highest BCUT2D eigenvalue weighted by Crippen LogP contribution is 2.37. The predicted octanol–water partition coefficient (Wildman–Crippen LogP) is 4.97. The lowest BCUT2D eigenvalue weighted by molar-refractivity contribution is -0.128. The van der Waals surface area contributed by atoms with Crippen LogP contribution in [0.4, 0.5) is 11.5 Å². The lowest BCUT2D eigenvalue weighted by atomic mass is 10.0. The number of carbonyl (C=O) groups excluding carboxylic acids is 1. The molecule has 4 heterocycles. The lowest BCUT2D eigenvalue weighted by Crippen LogP contribution is -2.55. The van der Waals surface area contributed by atoms with Crippen molar-refractivity contribution < 1.29 is 14.6 Å². The van der Waals surface area contributed by atoms with Crippen LogP contribution in [0.15, 0.2) is 49.1 Å². The summed E-state index contributed by atoms with van der Waals surface area (Å²) in [5.74, 6) is 0.660. The molecule has 248 valence electrons. The van der Waals surface area contributed by atoms with Crippen molar-refractivity contribution in [3.63, 3.8) is 0 Å². The molecule has 0 saturated carbocycles. The molecule has 10 nitrogen and oxygen atoms in total. The van der Waals surface area contributed by atoms with Crippen LogP contribution >= 0.6 is 11.6 Å². The summed E-state index contributed by atoms with van der Waals surface area (Å²) in [5, 5.41) is 22.7. The van der Waals surface area contributed by atoms with Crippen LogP contribution < -0.4 is 14.5 Å². The van der Waals surface area contributed by atoms with E-state index < -0.39 is 5.60 Å². The first-order valence-corrected chi connectivity index (χ1v) is 17.0. The van der Waals surface area contributed by atoms with Crippen molar-refractivity contribution in [2.24, 2.45) is 0 Å². The van der Waals surface area contributed by atoms with Gasteiger partial charge in [-0.25, -0.2) is 0 Å². The van der Waals surface area contributed by atoms with Crippen molar-refractivity contribution in [3.8, 4) is 12.1 Å². The number of nitrogens with zero attached hydrogens (tertiary/aromatic N) is 7. The summed E-state index contributed by atoms with van der Waals surface area (Å²) in [4.78, 5) is 31.3. The SMILES string of the molecule is C=CC(=O)N1CCN(c2nc(OC[C@@H]3CCCN3CCC(C)(C)O)nc3c2CCN(c2cccc4cccc(Cl)c24)C3)C[C@@H]1CC#N. The van der Waals surface area contributed by atoms with E-state index in [0.717, 1.165) is 77.5 Å². The first kappa shape index (κ1) is 33.0. The Labute approximate surface area is 282 Å². The number of nitriles is 1. The summed E-state index contributed by atoms with van der Waals surface area (Å²) in [6.45, 7) is 12.5. The number of aromatic nitrogens is 2. The van der Waals surface area contributed by atoms with Gasteiger partial charge in [-0.2, -0.15) is 15.2 Å². The van der Waals surface area contributed by atoms with Crippen LogP contribution in [0.5, 0.6) is 6.01 Å². The number of hydrogen-bond acceptors (Lipinski definition) is 9. The third-order valence-electron chi connectivity index (χ3n) is 9.68. The van der Waals surface area contributed by atoms with E-state index in [9.17, 15) is 15.2 Å². The van der Waals surface area contributed by atoms with Gasteiger partial charge in [0.25, 0.3) is 0 Å². The maximum absolute atomic E-state index is 12.6. The smallest absolute Gasteiger partial charge is 0.318 e. The van der Waals surface area contributed by atoms with Crippen LogP contribution in [0, 0.1) is 11.3 Å². The van der Waals surface area contributed by atoms with Crippen LogP contribution in [0.25, 0.3) is 10.8 Å². The van der Waals surface area contributed by atoms with Gasteiger partial charge < -0.3 is 24.5 Å². The number of likely N-dealkylation sites (tertiary alicyclic amines) is 1. The van der Waals surface area contributed by atoms with Crippen molar-refractivity contribution in [1.82, 2.24) is 19.8 Å². The van der Waals surface area contributed by atoms with Crippen LogP contribution in [-0.2, 0) is 17.8 Å². The van der Waals surface area contributed by atoms with Crippen LogP contribution in [0.3, 0.4) is 0 Å². The second-order valence-corrected chi connectivity index (χ2v) is 13.9. The van der Waals surface area contributed by atoms with Crippen molar-refractivity contribution in [1.29, 1.82) is 5.26 Å². The minimum atomic E-state index is -0.714. The fourth-order valence-electron chi connectivity index (χ4n) is 7.16. The molecule has 0 bridgehead atoms. The van der Waals surface area contributed by atoms with Gasteiger partial charge in [0.1, 0.15) is 12.4 Å². The molecule has 2 saturated heterocycles. The Balaban J connectivity index is 1.30. The molecule has 2 fully saturated rings. The zero-order valence-corrected chi connectivity index (χ0v) is 28.1. The topological polar surface area (TPSA) is 109 Å². The third-order valence-corrected chi connectivity index (χ3v) is 9.99. The van der Waals surface area contributed by atoms with Crippen molar-refractivity contribution >= 4 is 39.8 Å². The molecule has 0 aliphatic carbocycles. The summed E-state index contributed by atoms with van der Waals surface area (Å²) >= 11 is 6.73. The number of halogens is 1. The van der Waals surface area contributed by atoms with Crippen molar-refractivity contribution in [2.75, 3.05) is 55.7 Å². The average molecular weight is 658 g/mol. The number of benzene rings is 2. The summed E-state index contributed by atoms with van der Waals surface area (Å²) < 4.78 is 6.41. The second kappa shape index (κ2) is 14.1. The molecule has 1 N–H and O–H groups in total. The molecule has 0 spiro atoms. The monoisotopic (exact) mass is 657 g/mol. The van der Waals surface area contributed by atoms with Crippen LogP contribution in [0.2, 0.25) is 5.02 Å². The molecule has 2 atom stereocenters. The Kier molecular flexibility index (Phi) is 9.88. The average Bonchev–Trinajstić information content (AvgIpc) is 3.52. The second-order valence-electron chi connectivity index (χ2n) is 13.4. The zero-order valence-electron chi connectivity index (χ0n) is 27.4. The largest absolute Gasteiger partial charge is 0.462 e. The number of aliphatic hydroxyl groups is 1. The van der Waals surface area contributed by atoms with Gasteiger partial charge in [-0.3, -0.25) is 9.69 Å². The van der Waals surface area contributed by atoms with E-state index >= 15 is 0 Å². The van der Waals surface area contributed by atoms with Crippen molar-refractivity contribution in [2.45, 2.75) is 70.2 Å². The van der Waals surface area contributed by atoms with Gasteiger partial charge in [0, 0.05) is 55.4 Å². The minimum absolute atomic E-state index is 0.159. The Morgan fingerprint density at radius 2 is 1.96 bits per heavy atom. The highest BCUT2D eigenvalue weighted by molar-refractivity contribution is 6.36. The molecule has 3 aromatic rings. The fraction of sp³-hybridized carbons (Fsp3) is 0.500. The molecule has 11 heteroatoms. The Morgan fingerprint density at radius 3 is 2.72 bits per heavy atom. The summed E-state index contributed by atoms with van der Waals surface area (Å²) in [6, 6.07) is 14.8. The summed E-state index contributed by atoms with van der Waals surface area (Å²) in [6.07, 6.45) is 5.08. The quantitative estimate of drug-likeness (QED) is 0.303. The molecule has 6 rings (SSSR count). The van der Waals surface area contributed by atoms with Gasteiger partial charge in [-0.05, 0) is 69.7 Å². The minimum Gasteiger partial charge on any atom is -0.462 e. The van der Waals surface area contributed by atoms with E-state index in [2.05, 4.69) is 51.6 Å². The van der Waals surface area contributed by atoms with E-state index in [-0.39, 0.29) is 24.4 Å². The van der Waals surface area contributed by atoms with Crippen LogP contribution in [0.1, 0.15) is 50.8 Å². The van der Waals surface area contributed by atoms with Gasteiger partial charge >= 0.3 is 6.01 Å². The summed E-state index contributed by atoms with van der Waals surface area (Å²) in [7, 11) is 0. The zero-order chi connectivity index (χ0) is 33.1. The maximum Gasteiger partial charge on any atom is 0.318 e. The number of amides is 1. The number of carbonyl (C=O) groups is 1. The lowest BCUT2D eigenvalue weighted by Gasteiger charge is -2.42. The molecule has 3 aliphatic heterocycles. The Bertz CT molecular complexity index is 1660. The highest BCUT2D eigenvalue weighted by atomic mass is 35.5. The molecule has 0 unspecified atom stereocenters. The molecule has 2 aromatic carbocycles. The number of fused-ring (bicyclic) bond motifs is 2. The highest BCUT2D eigenvalue weighted by Gasteiger charge is 2.34. The van der Waals surface area contributed by atoms with E-state index in [1.165, 1.54) is 6.08 Å². The van der Waals surface area contributed by atoms with Gasteiger partial charge in [0.15, 0.2) is 0 Å². The van der Waals surface area contributed by atoms with E-state index in [1.54, 1.807) is 4.90 Å². The fourth-order valence-corrected chi connectivity index (χ4v) is 7.44. The first-order valence-electron chi connectivity index (χ1n) is 16.6. The molecular formula is C36H44ClN7O3. The van der Waals surface area contributed by atoms with Gasteiger partial charge in [0.05, 0.1) is 41.4 Å². The normalized spacial score (nSPS) is 20.3. The number of hydrogen-bond donors (Lipinski definition) is 1. The summed E-state index contributed by atoms with van der Waals surface area (Å²) in [5.41, 5.74) is 2.34. The van der Waals surface area contributed by atoms with Gasteiger partial charge in [-0.1, -0.05) is 42.4 Å². The third kappa shape index (κ3) is 7.33. The number of anilines is 2. The van der Waals surface area contributed by atoms with Crippen LogP contribution in [-0.4, -0.2) is 94.3 Å². The Morgan fingerprint density at radius 1 is 1.15 bits per heavy atom. The molecule has 1 aromatic heterocycles. The van der Waals surface area contributed by atoms with Crippen molar-refractivity contribution in [3.05, 3.63) is 65.3 Å². The molecule has 47 heavy (non-hydrogen) atoms. The molecular weight excluding hydrogens is 614 g/mol. The first-order chi connectivity index (χ1) is 22.6. The number of piperazine rings is 1. The predicted molar refractivity (Wildman–Crippen MR) is 185 cm³/mol. The van der Waals surface area contributed by atoms with Gasteiger partial charge in [-0.15, -0.1) is 0 Å². The molecule has 3 aliphatic rings. The molecule has 1 amide bonds. The van der Waals surface area contributed by atoms with Gasteiger partial charge in [0.2, 0.25) is 5.91 Å². The van der Waals surface area contributed by atoms with E-state index in [0.29, 0.717) is 45.2 Å².